The topological polar surface area (TPSA) is 56.5 Å². The SMILES string of the molecule is CCCc1nn2c(=O)cc(COc3ccc(C)cc3)nc2s1. The summed E-state index contributed by atoms with van der Waals surface area (Å²) in [6.45, 7) is 4.39. The molecule has 0 amide bonds. The minimum atomic E-state index is -0.161. The van der Waals surface area contributed by atoms with Gasteiger partial charge in [-0.1, -0.05) is 36.0 Å². The van der Waals surface area contributed by atoms with E-state index in [4.69, 9.17) is 4.74 Å². The first-order chi connectivity index (χ1) is 10.7. The molecular weight excluding hydrogens is 298 g/mol. The molecule has 0 unspecified atom stereocenters. The van der Waals surface area contributed by atoms with Crippen molar-refractivity contribution >= 4 is 16.3 Å². The van der Waals surface area contributed by atoms with Gasteiger partial charge in [-0.2, -0.15) is 9.61 Å². The molecule has 3 rings (SSSR count). The van der Waals surface area contributed by atoms with Crippen LogP contribution in [0.15, 0.2) is 35.1 Å². The van der Waals surface area contributed by atoms with Crippen molar-refractivity contribution in [2.24, 2.45) is 0 Å². The molecule has 0 saturated heterocycles. The van der Waals surface area contributed by atoms with Crippen LogP contribution in [0, 0.1) is 6.92 Å². The van der Waals surface area contributed by atoms with Crippen molar-refractivity contribution < 1.29 is 4.74 Å². The Morgan fingerprint density at radius 3 is 2.77 bits per heavy atom. The third-order valence-electron chi connectivity index (χ3n) is 3.21. The Bertz CT molecular complexity index is 837. The third kappa shape index (κ3) is 3.17. The Hall–Kier alpha value is -2.21. The Morgan fingerprint density at radius 2 is 2.05 bits per heavy atom. The minimum absolute atomic E-state index is 0.161. The molecule has 0 N–H and O–H groups in total. The van der Waals surface area contributed by atoms with Gasteiger partial charge in [0.2, 0.25) is 4.96 Å². The Morgan fingerprint density at radius 1 is 1.27 bits per heavy atom. The molecular formula is C16H17N3O2S. The molecule has 5 nitrogen and oxygen atoms in total. The van der Waals surface area contributed by atoms with Gasteiger partial charge in [0.15, 0.2) is 0 Å². The van der Waals surface area contributed by atoms with Gasteiger partial charge in [-0.05, 0) is 25.5 Å². The highest BCUT2D eigenvalue weighted by atomic mass is 32.1. The number of ether oxygens (including phenoxy) is 1. The number of benzene rings is 1. The van der Waals surface area contributed by atoms with Crippen LogP contribution in [-0.2, 0) is 13.0 Å². The van der Waals surface area contributed by atoms with Crippen LogP contribution in [0.4, 0.5) is 0 Å². The van der Waals surface area contributed by atoms with Crippen LogP contribution in [0.5, 0.6) is 5.75 Å². The molecule has 22 heavy (non-hydrogen) atoms. The second kappa shape index (κ2) is 6.27. The number of hydrogen-bond acceptors (Lipinski definition) is 5. The van der Waals surface area contributed by atoms with Gasteiger partial charge >= 0.3 is 0 Å². The van der Waals surface area contributed by atoms with Gasteiger partial charge in [0.05, 0.1) is 5.69 Å². The van der Waals surface area contributed by atoms with E-state index in [0.717, 1.165) is 23.6 Å². The summed E-state index contributed by atoms with van der Waals surface area (Å²) >= 11 is 1.46. The van der Waals surface area contributed by atoms with Crippen molar-refractivity contribution in [3.8, 4) is 5.75 Å². The maximum atomic E-state index is 12.1. The average Bonchev–Trinajstić information content (AvgIpc) is 2.90. The van der Waals surface area contributed by atoms with Crippen molar-refractivity contribution in [3.05, 3.63) is 57.0 Å². The van der Waals surface area contributed by atoms with Crippen LogP contribution in [0.25, 0.3) is 4.96 Å². The Kier molecular flexibility index (Phi) is 4.20. The summed E-state index contributed by atoms with van der Waals surface area (Å²) in [5.74, 6) is 0.767. The summed E-state index contributed by atoms with van der Waals surface area (Å²) in [6, 6.07) is 9.28. The predicted octanol–water partition coefficient (Wildman–Crippen LogP) is 2.99. The number of fused-ring (bicyclic) bond motifs is 1. The molecule has 0 saturated carbocycles. The zero-order valence-corrected chi connectivity index (χ0v) is 13.4. The summed E-state index contributed by atoms with van der Waals surface area (Å²) < 4.78 is 7.04. The largest absolute Gasteiger partial charge is 0.487 e. The highest BCUT2D eigenvalue weighted by Crippen LogP contribution is 2.15. The molecule has 0 bridgehead atoms. The molecule has 1 aromatic carbocycles. The first-order valence-electron chi connectivity index (χ1n) is 7.24. The van der Waals surface area contributed by atoms with Gasteiger partial charge in [-0.25, -0.2) is 4.98 Å². The molecule has 2 heterocycles. The standard InChI is InChI=1S/C16H17N3O2S/c1-3-4-14-18-19-15(20)9-12(17-16(19)22-14)10-21-13-7-5-11(2)6-8-13/h5-9H,3-4,10H2,1-2H3. The number of aromatic nitrogens is 3. The van der Waals surface area contributed by atoms with Crippen LogP contribution >= 0.6 is 11.3 Å². The van der Waals surface area contributed by atoms with Gasteiger partial charge in [-0.3, -0.25) is 4.79 Å². The van der Waals surface area contributed by atoms with Crippen molar-refractivity contribution in [2.75, 3.05) is 0 Å². The van der Waals surface area contributed by atoms with E-state index in [9.17, 15) is 4.79 Å². The van der Waals surface area contributed by atoms with Gasteiger partial charge in [0, 0.05) is 12.5 Å². The lowest BCUT2D eigenvalue weighted by molar-refractivity contribution is 0.301. The molecule has 0 aliphatic heterocycles. The summed E-state index contributed by atoms with van der Waals surface area (Å²) in [7, 11) is 0. The summed E-state index contributed by atoms with van der Waals surface area (Å²) in [5.41, 5.74) is 1.64. The van der Waals surface area contributed by atoms with Gasteiger partial charge < -0.3 is 4.74 Å². The monoisotopic (exact) mass is 315 g/mol. The van der Waals surface area contributed by atoms with E-state index in [1.165, 1.54) is 27.5 Å². The molecule has 0 radical (unpaired) electrons. The maximum Gasteiger partial charge on any atom is 0.275 e. The second-order valence-corrected chi connectivity index (χ2v) is 6.17. The fraction of sp³-hybridized carbons (Fsp3) is 0.312. The first-order valence-corrected chi connectivity index (χ1v) is 8.05. The normalized spacial score (nSPS) is 11.0. The number of aryl methyl sites for hydroxylation is 2. The van der Waals surface area contributed by atoms with E-state index in [1.807, 2.05) is 31.2 Å². The zero-order chi connectivity index (χ0) is 15.5. The molecule has 3 aromatic rings. The lowest BCUT2D eigenvalue weighted by atomic mass is 10.2. The number of rotatable bonds is 5. The lowest BCUT2D eigenvalue weighted by Crippen LogP contribution is -2.16. The van der Waals surface area contributed by atoms with Crippen molar-refractivity contribution in [2.45, 2.75) is 33.3 Å². The van der Waals surface area contributed by atoms with E-state index in [-0.39, 0.29) is 12.2 Å². The fourth-order valence-corrected chi connectivity index (χ4v) is 3.10. The smallest absolute Gasteiger partial charge is 0.275 e. The van der Waals surface area contributed by atoms with E-state index in [0.29, 0.717) is 10.7 Å². The highest BCUT2D eigenvalue weighted by molar-refractivity contribution is 7.16. The van der Waals surface area contributed by atoms with E-state index >= 15 is 0 Å². The Balaban J connectivity index is 1.81. The maximum absolute atomic E-state index is 12.1. The zero-order valence-electron chi connectivity index (χ0n) is 12.6. The Labute approximate surface area is 132 Å². The van der Waals surface area contributed by atoms with Crippen molar-refractivity contribution in [3.63, 3.8) is 0 Å². The fourth-order valence-electron chi connectivity index (χ4n) is 2.08. The quantitative estimate of drug-likeness (QED) is 0.726. The van der Waals surface area contributed by atoms with Crippen molar-refractivity contribution in [1.82, 2.24) is 14.6 Å². The third-order valence-corrected chi connectivity index (χ3v) is 4.18. The van der Waals surface area contributed by atoms with E-state index in [2.05, 4.69) is 17.0 Å². The highest BCUT2D eigenvalue weighted by Gasteiger charge is 2.09. The molecule has 0 fully saturated rings. The first kappa shape index (κ1) is 14.7. The minimum Gasteiger partial charge on any atom is -0.487 e. The van der Waals surface area contributed by atoms with Crippen LogP contribution < -0.4 is 10.3 Å². The van der Waals surface area contributed by atoms with Gasteiger partial charge in [-0.15, -0.1) is 0 Å². The van der Waals surface area contributed by atoms with E-state index in [1.54, 1.807) is 0 Å². The average molecular weight is 315 g/mol. The number of hydrogen-bond donors (Lipinski definition) is 0. The lowest BCUT2D eigenvalue weighted by Gasteiger charge is -2.05. The molecule has 114 valence electrons. The predicted molar refractivity (Wildman–Crippen MR) is 86.6 cm³/mol. The molecule has 0 aliphatic carbocycles. The summed E-state index contributed by atoms with van der Waals surface area (Å²) in [5, 5.41) is 5.22. The van der Waals surface area contributed by atoms with Crippen molar-refractivity contribution in [1.29, 1.82) is 0 Å². The van der Waals surface area contributed by atoms with E-state index < -0.39 is 0 Å². The summed E-state index contributed by atoms with van der Waals surface area (Å²) in [6.07, 6.45) is 1.86. The van der Waals surface area contributed by atoms with Crippen LogP contribution in [-0.4, -0.2) is 14.6 Å². The molecule has 0 aliphatic rings. The summed E-state index contributed by atoms with van der Waals surface area (Å²) in [4.78, 5) is 17.2. The molecule has 6 heteroatoms. The molecule has 2 aromatic heterocycles. The molecule has 0 atom stereocenters. The second-order valence-electron chi connectivity index (χ2n) is 5.13. The molecule has 0 spiro atoms. The van der Waals surface area contributed by atoms with Crippen LogP contribution in [0.2, 0.25) is 0 Å². The van der Waals surface area contributed by atoms with Gasteiger partial charge in [0.1, 0.15) is 17.4 Å². The number of nitrogens with zero attached hydrogens (tertiary/aromatic N) is 3. The van der Waals surface area contributed by atoms with Crippen LogP contribution in [0.1, 0.15) is 29.6 Å². The van der Waals surface area contributed by atoms with Crippen LogP contribution in [0.3, 0.4) is 0 Å². The van der Waals surface area contributed by atoms with Gasteiger partial charge in [0.25, 0.3) is 5.56 Å².